The molecule has 16 heavy (non-hydrogen) atoms. The Labute approximate surface area is 95.2 Å². The van der Waals surface area contributed by atoms with Crippen LogP contribution in [-0.2, 0) is 12.8 Å². The molecule has 0 aliphatic rings. The average Bonchev–Trinajstić information content (AvgIpc) is 2.14. The monoisotopic (exact) mass is 305 g/mol. The second kappa shape index (κ2) is 4.62. The minimum absolute atomic E-state index is 0.540. The van der Waals surface area contributed by atoms with Gasteiger partial charge in [0.25, 0.3) is 6.43 Å². The molecule has 0 bridgehead atoms. The van der Waals surface area contributed by atoms with E-state index in [2.05, 4.69) is 20.9 Å². The molecule has 0 aromatic carbocycles. The van der Waals surface area contributed by atoms with Gasteiger partial charge in [0.05, 0.1) is 12.2 Å². The predicted octanol–water partition coefficient (Wildman–Crippen LogP) is 3.29. The van der Waals surface area contributed by atoms with Gasteiger partial charge < -0.3 is 5.11 Å². The average molecular weight is 306 g/mol. The van der Waals surface area contributed by atoms with Crippen molar-refractivity contribution < 1.29 is 27.1 Å². The van der Waals surface area contributed by atoms with E-state index in [-0.39, 0.29) is 0 Å². The van der Waals surface area contributed by atoms with Gasteiger partial charge in [-0.3, -0.25) is 0 Å². The van der Waals surface area contributed by atoms with Gasteiger partial charge in [0.1, 0.15) is 10.3 Å². The molecular formula is C8H5BrF5NO. The Morgan fingerprint density at radius 2 is 1.94 bits per heavy atom. The molecule has 8 heteroatoms. The van der Waals surface area contributed by atoms with Crippen molar-refractivity contribution in [1.29, 1.82) is 0 Å². The molecule has 0 saturated carbocycles. The Balaban J connectivity index is 3.41. The summed E-state index contributed by atoms with van der Waals surface area (Å²) >= 11 is 2.47. The van der Waals surface area contributed by atoms with E-state index in [4.69, 9.17) is 5.11 Å². The Hall–Kier alpha value is -0.760. The van der Waals surface area contributed by atoms with Gasteiger partial charge in [0.2, 0.25) is 0 Å². The van der Waals surface area contributed by atoms with Gasteiger partial charge in [0.15, 0.2) is 0 Å². The van der Waals surface area contributed by atoms with Gasteiger partial charge in [-0.05, 0) is 27.6 Å². The van der Waals surface area contributed by atoms with Gasteiger partial charge in [0, 0.05) is 0 Å². The molecule has 2 nitrogen and oxygen atoms in total. The molecule has 0 fully saturated rings. The molecule has 0 atom stereocenters. The lowest BCUT2D eigenvalue weighted by Gasteiger charge is -2.14. The molecular weight excluding hydrogens is 301 g/mol. The summed E-state index contributed by atoms with van der Waals surface area (Å²) in [6.07, 6.45) is -7.76. The summed E-state index contributed by atoms with van der Waals surface area (Å²) in [5, 5.41) is 8.72. The zero-order valence-corrected chi connectivity index (χ0v) is 9.11. The van der Waals surface area contributed by atoms with Crippen molar-refractivity contribution in [2.75, 3.05) is 0 Å². The van der Waals surface area contributed by atoms with Crippen LogP contribution in [0.1, 0.15) is 23.2 Å². The van der Waals surface area contributed by atoms with Crippen molar-refractivity contribution in [2.45, 2.75) is 19.2 Å². The molecule has 1 aromatic rings. The van der Waals surface area contributed by atoms with Crippen LogP contribution in [0.25, 0.3) is 0 Å². The van der Waals surface area contributed by atoms with E-state index in [0.717, 1.165) is 0 Å². The van der Waals surface area contributed by atoms with Crippen LogP contribution in [0.2, 0.25) is 0 Å². The summed E-state index contributed by atoms with van der Waals surface area (Å²) < 4.78 is 61.1. The van der Waals surface area contributed by atoms with Crippen molar-refractivity contribution >= 4 is 15.9 Å². The first kappa shape index (κ1) is 13.3. The molecule has 0 radical (unpaired) electrons. The lowest BCUT2D eigenvalue weighted by atomic mass is 10.1. The molecule has 1 rings (SSSR count). The van der Waals surface area contributed by atoms with Crippen LogP contribution in [0.15, 0.2) is 10.7 Å². The van der Waals surface area contributed by atoms with E-state index < -0.39 is 40.6 Å². The zero-order chi connectivity index (χ0) is 12.5. The molecule has 0 spiro atoms. The van der Waals surface area contributed by atoms with Crippen LogP contribution in [0.4, 0.5) is 22.0 Å². The summed E-state index contributed by atoms with van der Waals surface area (Å²) in [7, 11) is 0. The third-order valence-corrected chi connectivity index (χ3v) is 2.33. The van der Waals surface area contributed by atoms with Crippen molar-refractivity contribution in [3.63, 3.8) is 0 Å². The van der Waals surface area contributed by atoms with Crippen molar-refractivity contribution in [3.05, 3.63) is 27.5 Å². The number of hydrogen-bond acceptors (Lipinski definition) is 2. The lowest BCUT2D eigenvalue weighted by Crippen LogP contribution is -2.13. The van der Waals surface area contributed by atoms with Crippen molar-refractivity contribution in [1.82, 2.24) is 4.98 Å². The SMILES string of the molecule is OCc1cc(C(F)F)nc(Br)c1C(F)(F)F. The maximum atomic E-state index is 12.5. The minimum atomic E-state index is -4.76. The van der Waals surface area contributed by atoms with E-state index in [1.807, 2.05) is 0 Å². The Morgan fingerprint density at radius 1 is 1.38 bits per heavy atom. The number of alkyl halides is 5. The molecule has 1 aromatic heterocycles. The van der Waals surface area contributed by atoms with Crippen LogP contribution in [0.3, 0.4) is 0 Å². The third kappa shape index (κ3) is 2.67. The van der Waals surface area contributed by atoms with Gasteiger partial charge in [-0.1, -0.05) is 0 Å². The largest absolute Gasteiger partial charge is 0.419 e. The summed E-state index contributed by atoms with van der Waals surface area (Å²) in [6, 6.07) is 0.540. The van der Waals surface area contributed by atoms with Gasteiger partial charge in [-0.25, -0.2) is 13.8 Å². The topological polar surface area (TPSA) is 33.1 Å². The highest BCUT2D eigenvalue weighted by molar-refractivity contribution is 9.10. The zero-order valence-electron chi connectivity index (χ0n) is 7.52. The highest BCUT2D eigenvalue weighted by Crippen LogP contribution is 2.37. The molecule has 0 aliphatic carbocycles. The Morgan fingerprint density at radius 3 is 2.31 bits per heavy atom. The van der Waals surface area contributed by atoms with E-state index in [0.29, 0.717) is 6.07 Å². The summed E-state index contributed by atoms with van der Waals surface area (Å²) in [6.45, 7) is -0.990. The van der Waals surface area contributed by atoms with Crippen LogP contribution in [-0.4, -0.2) is 10.1 Å². The molecule has 0 amide bonds. The van der Waals surface area contributed by atoms with E-state index >= 15 is 0 Å². The summed E-state index contributed by atoms with van der Waals surface area (Å²) in [5.74, 6) is 0. The first-order chi connectivity index (χ1) is 7.27. The molecule has 0 unspecified atom stereocenters. The molecule has 1 heterocycles. The maximum Gasteiger partial charge on any atom is 0.419 e. The number of hydrogen-bond donors (Lipinski definition) is 1. The number of aromatic nitrogens is 1. The number of rotatable bonds is 2. The Bertz CT molecular complexity index is 393. The highest BCUT2D eigenvalue weighted by atomic mass is 79.9. The van der Waals surface area contributed by atoms with Gasteiger partial charge in [-0.2, -0.15) is 13.2 Å². The molecule has 0 aliphatic heterocycles. The van der Waals surface area contributed by atoms with Gasteiger partial charge in [-0.15, -0.1) is 0 Å². The molecule has 90 valence electrons. The van der Waals surface area contributed by atoms with Crippen molar-refractivity contribution in [2.24, 2.45) is 0 Å². The first-order valence-corrected chi connectivity index (χ1v) is 4.72. The van der Waals surface area contributed by atoms with Crippen molar-refractivity contribution in [3.8, 4) is 0 Å². The smallest absolute Gasteiger partial charge is 0.392 e. The second-order valence-electron chi connectivity index (χ2n) is 2.83. The fourth-order valence-corrected chi connectivity index (χ4v) is 1.80. The first-order valence-electron chi connectivity index (χ1n) is 3.93. The predicted molar refractivity (Wildman–Crippen MR) is 47.8 cm³/mol. The van der Waals surface area contributed by atoms with Crippen LogP contribution >= 0.6 is 15.9 Å². The number of pyridine rings is 1. The highest BCUT2D eigenvalue weighted by Gasteiger charge is 2.37. The summed E-state index contributed by atoms with van der Waals surface area (Å²) in [5.41, 5.74) is -2.69. The number of aliphatic hydroxyl groups is 1. The van der Waals surface area contributed by atoms with E-state index in [1.165, 1.54) is 0 Å². The number of halogens is 6. The third-order valence-electron chi connectivity index (χ3n) is 1.75. The van der Waals surface area contributed by atoms with E-state index in [1.54, 1.807) is 0 Å². The van der Waals surface area contributed by atoms with Crippen LogP contribution in [0.5, 0.6) is 0 Å². The van der Waals surface area contributed by atoms with Crippen LogP contribution < -0.4 is 0 Å². The Kier molecular flexibility index (Phi) is 3.84. The normalized spacial score (nSPS) is 12.2. The maximum absolute atomic E-state index is 12.5. The quantitative estimate of drug-likeness (QED) is 0.672. The number of aliphatic hydroxyl groups excluding tert-OH is 1. The molecule has 1 N–H and O–H groups in total. The fraction of sp³-hybridized carbons (Fsp3) is 0.375. The minimum Gasteiger partial charge on any atom is -0.392 e. The lowest BCUT2D eigenvalue weighted by molar-refractivity contribution is -0.139. The van der Waals surface area contributed by atoms with E-state index in [9.17, 15) is 22.0 Å². The number of nitrogens with zero attached hydrogens (tertiary/aromatic N) is 1. The summed E-state index contributed by atoms with van der Waals surface area (Å²) in [4.78, 5) is 3.08. The van der Waals surface area contributed by atoms with Crippen LogP contribution in [0, 0.1) is 0 Å². The van der Waals surface area contributed by atoms with Gasteiger partial charge >= 0.3 is 6.18 Å². The molecule has 0 saturated heterocycles. The second-order valence-corrected chi connectivity index (χ2v) is 3.58. The standard InChI is InChI=1S/C8H5BrF5NO/c9-6-5(8(12,13)14)3(2-16)1-4(15-6)7(10)11/h1,7,16H,2H2. The fourth-order valence-electron chi connectivity index (χ4n) is 1.12.